The van der Waals surface area contributed by atoms with Crippen molar-refractivity contribution in [3.05, 3.63) is 132 Å². The molecule has 0 atom stereocenters. The van der Waals surface area contributed by atoms with E-state index in [1.165, 1.54) is 42.0 Å². The number of fused-ring (bicyclic) bond motifs is 2. The van der Waals surface area contributed by atoms with Crippen molar-refractivity contribution < 1.29 is 143 Å². The fraction of sp³-hybridized carbons (Fsp3) is 0.482. The van der Waals surface area contributed by atoms with E-state index in [0.29, 0.717) is 108 Å². The maximum Gasteiger partial charge on any atom is 1.00 e. The van der Waals surface area contributed by atoms with E-state index in [4.69, 9.17) is 24.7 Å². The van der Waals surface area contributed by atoms with Gasteiger partial charge in [-0.3, -0.25) is 4.79 Å². The molecule has 1 aliphatic carbocycles. The van der Waals surface area contributed by atoms with Crippen LogP contribution >= 0.6 is 0 Å². The first-order valence-electron chi connectivity index (χ1n) is 25.5. The van der Waals surface area contributed by atoms with Crippen LogP contribution in [0.1, 0.15) is 109 Å². The molecule has 0 saturated heterocycles. The van der Waals surface area contributed by atoms with E-state index in [9.17, 15) is 30.7 Å². The Morgan fingerprint density at radius 3 is 2.11 bits per heavy atom. The molecule has 0 unspecified atom stereocenters. The molecule has 0 fully saturated rings. The number of nitrogens with one attached hydrogen (secondary N) is 1. The van der Waals surface area contributed by atoms with E-state index in [2.05, 4.69) is 65.9 Å². The van der Waals surface area contributed by atoms with Gasteiger partial charge in [0.1, 0.15) is 44.0 Å². The van der Waals surface area contributed by atoms with Crippen LogP contribution in [-0.2, 0) is 50.1 Å². The molecule has 6 rings (SSSR count). The summed E-state index contributed by atoms with van der Waals surface area (Å²) >= 11 is 0. The molecule has 0 bridgehead atoms. The summed E-state index contributed by atoms with van der Waals surface area (Å²) in [6, 6.07) is 19.3. The number of carbonyl (C=O) groups is 1. The Kier molecular flexibility index (Phi) is 29.2. The largest absolute Gasteiger partial charge is 1.00 e. The molecule has 3 aliphatic rings. The van der Waals surface area contributed by atoms with Gasteiger partial charge in [0, 0.05) is 61.0 Å². The summed E-state index contributed by atoms with van der Waals surface area (Å²) in [6.07, 6.45) is 16.3. The molecule has 20 heteroatoms. The van der Waals surface area contributed by atoms with Gasteiger partial charge in [-0.2, -0.15) is 24.6 Å². The summed E-state index contributed by atoms with van der Waals surface area (Å²) in [4.78, 5) is 14.2. The van der Waals surface area contributed by atoms with E-state index < -0.39 is 25.7 Å². The topological polar surface area (TPSA) is 213 Å². The SMILES string of the molecule is [CH2-]CCC[N+]1=C(/C=C/C2=C(Oc3ccc(S(=O)(=O)[O-])cc3)C(=C/C=C3/N(CCCCCC(=O)NCCCOCCOCCOCCCN)c4ccc(S(=O)(=O)[O-])cc4C3(C)C)/CCC2)C(C)(C)c2c[c-]ccc21.[Na+].[Na+].[Na+]. The quantitative estimate of drug-likeness (QED) is 0.0294. The molecule has 0 spiro atoms. The molecule has 0 saturated carbocycles. The van der Waals surface area contributed by atoms with Crippen LogP contribution in [0.5, 0.6) is 5.75 Å². The zero-order valence-corrected chi connectivity index (χ0v) is 53.6. The number of nitrogens with two attached hydrogens (primary N) is 1. The Hall–Kier alpha value is -1.98. The predicted molar refractivity (Wildman–Crippen MR) is 281 cm³/mol. The van der Waals surface area contributed by atoms with Gasteiger partial charge in [-0.15, -0.1) is 6.07 Å². The van der Waals surface area contributed by atoms with Crippen molar-refractivity contribution in [2.24, 2.45) is 5.73 Å². The molecule has 15 nitrogen and oxygen atoms in total. The van der Waals surface area contributed by atoms with E-state index in [1.807, 2.05) is 32.1 Å². The number of ether oxygens (including phenoxy) is 4. The minimum absolute atomic E-state index is 0. The first kappa shape index (κ1) is 68.3. The Balaban J connectivity index is 0.00000507. The molecule has 3 N–H and O–H groups in total. The summed E-state index contributed by atoms with van der Waals surface area (Å²) in [7, 11) is -9.41. The van der Waals surface area contributed by atoms with E-state index >= 15 is 0 Å². The number of unbranched alkanes of at least 4 members (excludes halogenated alkanes) is 3. The van der Waals surface area contributed by atoms with Crippen molar-refractivity contribution in [2.75, 3.05) is 70.7 Å². The van der Waals surface area contributed by atoms with E-state index in [1.54, 1.807) is 6.07 Å². The predicted octanol–water partition coefficient (Wildman–Crippen LogP) is -0.556. The average Bonchev–Trinajstić information content (AvgIpc) is 3.70. The average molecular weight is 1110 g/mol. The molecule has 76 heavy (non-hydrogen) atoms. The first-order valence-corrected chi connectivity index (χ1v) is 28.3. The molecule has 2 aliphatic heterocycles. The molecule has 3 aromatic carbocycles. The molecule has 3 aromatic rings. The van der Waals surface area contributed by atoms with Gasteiger partial charge < -0.3 is 50.9 Å². The standard InChI is InChI=1S/C56H75N4O11S2.3Na/c1-6-7-33-59-49-19-11-10-18-47(49)55(2,3)51(59)29-21-42-16-13-17-43(54(42)71-44-23-25-45(26-24-44)72(62,63)64)22-30-52-56(4,5)48-41-46(73(65,66)67)27-28-50(48)60(52)34-12-8-9-20-53(61)58-32-15-36-69-38-40-70-39-37-68-35-14-31-57;;;/h11,18-19,21-30,41H,1,6-9,12-17,20,31-40,57H2,2-5H3,(H,58,61)(H,62,63,64)(H,65,66,67);;;/q-1;3*+1/p-2. The molecule has 1 amide bonds. The van der Waals surface area contributed by atoms with Gasteiger partial charge in [0.05, 0.1) is 36.2 Å². The summed E-state index contributed by atoms with van der Waals surface area (Å²) < 4.78 is 97.9. The second-order valence-corrected chi connectivity index (χ2v) is 22.3. The second kappa shape index (κ2) is 32.5. The number of rotatable bonds is 29. The fourth-order valence-corrected chi connectivity index (χ4v) is 10.5. The Morgan fingerprint density at radius 2 is 1.45 bits per heavy atom. The maximum atomic E-state index is 12.7. The van der Waals surface area contributed by atoms with Crippen LogP contribution in [0.3, 0.4) is 0 Å². The van der Waals surface area contributed by atoms with Gasteiger partial charge >= 0.3 is 88.7 Å². The monoisotopic (exact) mass is 1110 g/mol. The minimum atomic E-state index is -4.73. The summed E-state index contributed by atoms with van der Waals surface area (Å²) in [5.41, 5.74) is 12.1. The van der Waals surface area contributed by atoms with Crippen molar-refractivity contribution in [3.8, 4) is 5.75 Å². The number of hydrogen-bond donors (Lipinski definition) is 2. The molecule has 398 valence electrons. The number of benzene rings is 3. The normalized spacial score (nSPS) is 16.9. The third-order valence-corrected chi connectivity index (χ3v) is 15.2. The fourth-order valence-electron chi connectivity index (χ4n) is 9.58. The van der Waals surface area contributed by atoms with Crippen LogP contribution in [0.4, 0.5) is 11.4 Å². The number of nitrogens with zero attached hydrogens (tertiary/aromatic N) is 2. The van der Waals surface area contributed by atoms with Gasteiger partial charge in [-0.05, 0) is 129 Å². The van der Waals surface area contributed by atoms with E-state index in [-0.39, 0.29) is 110 Å². The van der Waals surface area contributed by atoms with Gasteiger partial charge in [0.15, 0.2) is 5.71 Å². The Bertz CT molecular complexity index is 2780. The van der Waals surface area contributed by atoms with Crippen LogP contribution in [0.2, 0.25) is 0 Å². The number of amides is 1. The van der Waals surface area contributed by atoms with Gasteiger partial charge in [0.25, 0.3) is 0 Å². The van der Waals surface area contributed by atoms with Crippen molar-refractivity contribution >= 4 is 43.2 Å². The van der Waals surface area contributed by atoms with Crippen LogP contribution in [0.25, 0.3) is 0 Å². The molecule has 0 aromatic heterocycles. The Morgan fingerprint density at radius 1 is 0.789 bits per heavy atom. The summed E-state index contributed by atoms with van der Waals surface area (Å²) in [5.74, 6) is 0.945. The van der Waals surface area contributed by atoms with Gasteiger partial charge in [-0.1, -0.05) is 45.8 Å². The second-order valence-electron chi connectivity index (χ2n) is 19.5. The maximum absolute atomic E-state index is 12.7. The molecular weight excluding hydrogens is 1040 g/mol. The van der Waals surface area contributed by atoms with Crippen molar-refractivity contribution in [1.29, 1.82) is 0 Å². The number of anilines is 1. The molecule has 2 heterocycles. The summed E-state index contributed by atoms with van der Waals surface area (Å²) in [6.45, 7) is 18.1. The number of carbonyl (C=O) groups excluding carboxylic acids is 1. The Labute approximate surface area is 519 Å². The molecule has 0 radical (unpaired) electrons. The van der Waals surface area contributed by atoms with Crippen molar-refractivity contribution in [1.82, 2.24) is 5.32 Å². The number of allylic oxidation sites excluding steroid dienone is 7. The smallest absolute Gasteiger partial charge is 0.744 e. The van der Waals surface area contributed by atoms with Crippen LogP contribution in [0, 0.1) is 13.0 Å². The third kappa shape index (κ3) is 18.8. The van der Waals surface area contributed by atoms with E-state index in [0.717, 1.165) is 79.0 Å². The molecular formula is C56H73N4Na3O11S2. The van der Waals surface area contributed by atoms with Crippen molar-refractivity contribution in [3.63, 3.8) is 0 Å². The van der Waals surface area contributed by atoms with Crippen LogP contribution in [0.15, 0.2) is 117 Å². The zero-order valence-electron chi connectivity index (χ0n) is 45.9. The zero-order chi connectivity index (χ0) is 52.7. The van der Waals surface area contributed by atoms with Crippen molar-refractivity contribution in [2.45, 2.75) is 119 Å². The van der Waals surface area contributed by atoms with Gasteiger partial charge in [0.2, 0.25) is 5.91 Å². The summed E-state index contributed by atoms with van der Waals surface area (Å²) in [5, 5.41) is 2.98. The van der Waals surface area contributed by atoms with Crippen LogP contribution in [-0.4, -0.2) is 108 Å². The first-order chi connectivity index (χ1) is 34.9. The third-order valence-electron chi connectivity index (χ3n) is 13.5. The number of hydrogen-bond acceptors (Lipinski definition) is 13. The van der Waals surface area contributed by atoms with Crippen LogP contribution < -0.4 is 109 Å². The van der Waals surface area contributed by atoms with Gasteiger partial charge in [-0.25, -0.2) is 21.4 Å². The minimum Gasteiger partial charge on any atom is -0.744 e.